The molecule has 0 bridgehead atoms. The standard InChI is InChI=1S/C22H27NS/c1-7-18(23(5)6)21-16-10-8-9-11-19(16)24-20-13-12-15(14-17(20)21)22(2,3)4/h8-14H,7H2,1-6H3/b21-18+. The van der Waals surface area contributed by atoms with Crippen LogP contribution in [0.4, 0.5) is 0 Å². The Morgan fingerprint density at radius 3 is 2.25 bits per heavy atom. The van der Waals surface area contributed by atoms with Crippen LogP contribution in [0.25, 0.3) is 5.57 Å². The maximum Gasteiger partial charge on any atom is 0.0211 e. The number of nitrogens with zero attached hydrogens (tertiary/aromatic N) is 1. The molecule has 0 amide bonds. The number of allylic oxidation sites excluding steroid dienone is 1. The predicted molar refractivity (Wildman–Crippen MR) is 106 cm³/mol. The molecule has 0 fully saturated rings. The van der Waals surface area contributed by atoms with Gasteiger partial charge in [0.1, 0.15) is 0 Å². The first-order chi connectivity index (χ1) is 11.3. The van der Waals surface area contributed by atoms with Crippen molar-refractivity contribution in [2.45, 2.75) is 49.3 Å². The Balaban J connectivity index is 2.32. The molecule has 0 atom stereocenters. The summed E-state index contributed by atoms with van der Waals surface area (Å²) in [7, 11) is 4.31. The van der Waals surface area contributed by atoms with Crippen molar-refractivity contribution in [3.8, 4) is 0 Å². The van der Waals surface area contributed by atoms with E-state index in [0.717, 1.165) is 6.42 Å². The summed E-state index contributed by atoms with van der Waals surface area (Å²) in [5.74, 6) is 0. The maximum absolute atomic E-state index is 2.41. The zero-order valence-electron chi connectivity index (χ0n) is 15.6. The lowest BCUT2D eigenvalue weighted by atomic mass is 9.84. The van der Waals surface area contributed by atoms with Gasteiger partial charge in [-0.1, -0.05) is 63.7 Å². The molecule has 0 spiro atoms. The van der Waals surface area contributed by atoms with Gasteiger partial charge in [-0.25, -0.2) is 0 Å². The lowest BCUT2D eigenvalue weighted by Gasteiger charge is -2.30. The fraction of sp³-hybridized carbons (Fsp3) is 0.364. The average molecular weight is 338 g/mol. The van der Waals surface area contributed by atoms with Crippen LogP contribution in [0.2, 0.25) is 0 Å². The lowest BCUT2D eigenvalue weighted by molar-refractivity contribution is 0.496. The van der Waals surface area contributed by atoms with Crippen LogP contribution >= 0.6 is 11.8 Å². The van der Waals surface area contributed by atoms with E-state index in [-0.39, 0.29) is 5.41 Å². The summed E-state index contributed by atoms with van der Waals surface area (Å²) < 4.78 is 0. The second-order valence-corrected chi connectivity index (χ2v) is 8.71. The number of hydrogen-bond donors (Lipinski definition) is 0. The fourth-order valence-corrected chi connectivity index (χ4v) is 4.40. The van der Waals surface area contributed by atoms with Crippen LogP contribution in [0.3, 0.4) is 0 Å². The Kier molecular flexibility index (Phi) is 4.52. The topological polar surface area (TPSA) is 3.24 Å². The van der Waals surface area contributed by atoms with Gasteiger partial charge in [-0.05, 0) is 46.7 Å². The van der Waals surface area contributed by atoms with Gasteiger partial charge in [0.15, 0.2) is 0 Å². The summed E-state index contributed by atoms with van der Waals surface area (Å²) in [5.41, 5.74) is 7.11. The van der Waals surface area contributed by atoms with Crippen LogP contribution in [-0.2, 0) is 5.41 Å². The highest BCUT2D eigenvalue weighted by atomic mass is 32.2. The van der Waals surface area contributed by atoms with Gasteiger partial charge in [0, 0.05) is 35.2 Å². The molecule has 2 aromatic carbocycles. The van der Waals surface area contributed by atoms with E-state index in [0.29, 0.717) is 0 Å². The van der Waals surface area contributed by atoms with Crippen molar-refractivity contribution in [1.29, 1.82) is 0 Å². The second-order valence-electron chi connectivity index (χ2n) is 7.63. The van der Waals surface area contributed by atoms with E-state index in [4.69, 9.17) is 0 Å². The molecule has 0 saturated heterocycles. The van der Waals surface area contributed by atoms with E-state index in [2.05, 4.69) is 89.2 Å². The predicted octanol–water partition coefficient (Wildman–Crippen LogP) is 6.18. The Morgan fingerprint density at radius 2 is 1.62 bits per heavy atom. The van der Waals surface area contributed by atoms with E-state index in [1.165, 1.54) is 37.8 Å². The lowest BCUT2D eigenvalue weighted by Crippen LogP contribution is -2.16. The zero-order valence-corrected chi connectivity index (χ0v) is 16.4. The number of rotatable bonds is 2. The van der Waals surface area contributed by atoms with E-state index < -0.39 is 0 Å². The van der Waals surface area contributed by atoms with Gasteiger partial charge in [0.05, 0.1) is 0 Å². The summed E-state index contributed by atoms with van der Waals surface area (Å²) in [6.07, 6.45) is 1.03. The van der Waals surface area contributed by atoms with Crippen LogP contribution in [-0.4, -0.2) is 19.0 Å². The molecule has 2 heteroatoms. The Labute approximate surface area is 150 Å². The van der Waals surface area contributed by atoms with Crippen LogP contribution in [0.1, 0.15) is 50.8 Å². The van der Waals surface area contributed by atoms with E-state index in [9.17, 15) is 0 Å². The molecule has 1 aliphatic heterocycles. The maximum atomic E-state index is 2.41. The molecule has 126 valence electrons. The summed E-state index contributed by atoms with van der Waals surface area (Å²) in [4.78, 5) is 5.00. The fourth-order valence-electron chi connectivity index (χ4n) is 3.33. The molecule has 3 rings (SSSR count). The van der Waals surface area contributed by atoms with Crippen molar-refractivity contribution in [2.24, 2.45) is 0 Å². The van der Waals surface area contributed by atoms with Crippen LogP contribution in [0.5, 0.6) is 0 Å². The Bertz CT molecular complexity index is 794. The molecule has 0 radical (unpaired) electrons. The van der Waals surface area contributed by atoms with Crippen molar-refractivity contribution >= 4 is 17.3 Å². The molecular formula is C22H27NS. The van der Waals surface area contributed by atoms with Crippen LogP contribution < -0.4 is 0 Å². The van der Waals surface area contributed by atoms with Gasteiger partial charge in [0.2, 0.25) is 0 Å². The normalized spacial score (nSPS) is 15.6. The molecule has 0 saturated carbocycles. The van der Waals surface area contributed by atoms with E-state index in [1.54, 1.807) is 0 Å². The van der Waals surface area contributed by atoms with Crippen molar-refractivity contribution in [2.75, 3.05) is 14.1 Å². The molecule has 1 heterocycles. The zero-order chi connectivity index (χ0) is 17.5. The Morgan fingerprint density at radius 1 is 0.958 bits per heavy atom. The van der Waals surface area contributed by atoms with Crippen LogP contribution in [0, 0.1) is 0 Å². The SMILES string of the molecule is CC/C(=C1/c2ccccc2Sc2ccc(C(C)(C)C)cc21)N(C)C. The smallest absolute Gasteiger partial charge is 0.0211 e. The van der Waals surface area contributed by atoms with Gasteiger partial charge in [-0.2, -0.15) is 0 Å². The van der Waals surface area contributed by atoms with Gasteiger partial charge in [0.25, 0.3) is 0 Å². The van der Waals surface area contributed by atoms with Crippen molar-refractivity contribution < 1.29 is 0 Å². The van der Waals surface area contributed by atoms with Gasteiger partial charge >= 0.3 is 0 Å². The average Bonchev–Trinajstić information content (AvgIpc) is 2.53. The summed E-state index contributed by atoms with van der Waals surface area (Å²) >= 11 is 1.89. The third kappa shape index (κ3) is 3.00. The quantitative estimate of drug-likeness (QED) is 0.549. The van der Waals surface area contributed by atoms with Gasteiger partial charge in [-0.15, -0.1) is 0 Å². The third-order valence-electron chi connectivity index (χ3n) is 4.65. The molecular weight excluding hydrogens is 310 g/mol. The highest BCUT2D eigenvalue weighted by molar-refractivity contribution is 7.99. The first-order valence-electron chi connectivity index (χ1n) is 8.65. The molecule has 0 N–H and O–H groups in total. The highest BCUT2D eigenvalue weighted by Crippen LogP contribution is 2.48. The van der Waals surface area contributed by atoms with Crippen molar-refractivity contribution in [3.63, 3.8) is 0 Å². The first-order valence-corrected chi connectivity index (χ1v) is 9.47. The van der Waals surface area contributed by atoms with Crippen molar-refractivity contribution in [1.82, 2.24) is 4.90 Å². The Hall–Kier alpha value is -1.67. The molecule has 0 aromatic heterocycles. The largest absolute Gasteiger partial charge is 0.380 e. The van der Waals surface area contributed by atoms with Crippen LogP contribution in [0.15, 0.2) is 58.0 Å². The monoisotopic (exact) mass is 337 g/mol. The molecule has 1 aliphatic rings. The molecule has 24 heavy (non-hydrogen) atoms. The van der Waals surface area contributed by atoms with Gasteiger partial charge in [-0.3, -0.25) is 0 Å². The third-order valence-corrected chi connectivity index (χ3v) is 5.81. The second kappa shape index (κ2) is 6.33. The highest BCUT2D eigenvalue weighted by Gasteiger charge is 2.26. The summed E-state index contributed by atoms with van der Waals surface area (Å²) in [6.45, 7) is 9.11. The minimum absolute atomic E-state index is 0.159. The molecule has 0 unspecified atom stereocenters. The summed E-state index contributed by atoms with van der Waals surface area (Å²) in [5, 5.41) is 0. The number of hydrogen-bond acceptors (Lipinski definition) is 2. The summed E-state index contributed by atoms with van der Waals surface area (Å²) in [6, 6.07) is 15.8. The van der Waals surface area contributed by atoms with Gasteiger partial charge < -0.3 is 4.90 Å². The molecule has 1 nitrogen and oxygen atoms in total. The first kappa shape index (κ1) is 17.2. The van der Waals surface area contributed by atoms with E-state index in [1.807, 2.05) is 11.8 Å². The number of benzene rings is 2. The minimum atomic E-state index is 0.159. The van der Waals surface area contributed by atoms with Crippen molar-refractivity contribution in [3.05, 3.63) is 64.9 Å². The molecule has 2 aromatic rings. The van der Waals surface area contributed by atoms with E-state index >= 15 is 0 Å². The minimum Gasteiger partial charge on any atom is -0.380 e. The molecule has 0 aliphatic carbocycles. The number of fused-ring (bicyclic) bond motifs is 2.